The summed E-state index contributed by atoms with van der Waals surface area (Å²) < 4.78 is 40.9. The summed E-state index contributed by atoms with van der Waals surface area (Å²) in [4.78, 5) is 0. The van der Waals surface area contributed by atoms with Crippen molar-refractivity contribution in [3.05, 3.63) is 24.3 Å². The number of rotatable bonds is 5. The van der Waals surface area contributed by atoms with Crippen molar-refractivity contribution in [3.63, 3.8) is 0 Å². The Labute approximate surface area is 97.8 Å². The van der Waals surface area contributed by atoms with Gasteiger partial charge in [0, 0.05) is 6.54 Å². The molecular weight excluding hydrogens is 231 g/mol. The number of ether oxygens (including phenoxy) is 1. The van der Waals surface area contributed by atoms with Gasteiger partial charge in [0.25, 0.3) is 0 Å². The lowest BCUT2D eigenvalue weighted by Gasteiger charge is -2.14. The Kier molecular flexibility index (Phi) is 3.45. The van der Waals surface area contributed by atoms with E-state index in [1.807, 2.05) is 0 Å². The fourth-order valence-electron chi connectivity index (χ4n) is 1.47. The maximum Gasteiger partial charge on any atom is 0.422 e. The first-order chi connectivity index (χ1) is 8.04. The average molecular weight is 245 g/mol. The van der Waals surface area contributed by atoms with Crippen LogP contribution in [0.25, 0.3) is 0 Å². The third-order valence-corrected chi connectivity index (χ3v) is 2.56. The molecule has 2 nitrogen and oxygen atoms in total. The molecule has 1 aromatic carbocycles. The van der Waals surface area contributed by atoms with Gasteiger partial charge in [-0.25, -0.2) is 0 Å². The molecule has 1 fully saturated rings. The number of nitrogens with one attached hydrogen (secondary N) is 1. The molecule has 1 aliphatic carbocycles. The third-order valence-electron chi connectivity index (χ3n) is 2.56. The van der Waals surface area contributed by atoms with E-state index in [1.54, 1.807) is 24.3 Å². The Bertz CT molecular complexity index is 374. The first-order valence-corrected chi connectivity index (χ1v) is 5.57. The van der Waals surface area contributed by atoms with Crippen LogP contribution in [0.2, 0.25) is 0 Å². The molecule has 0 aliphatic heterocycles. The van der Waals surface area contributed by atoms with Crippen molar-refractivity contribution in [2.45, 2.75) is 19.0 Å². The highest BCUT2D eigenvalue weighted by atomic mass is 19.4. The van der Waals surface area contributed by atoms with Gasteiger partial charge in [-0.15, -0.1) is 0 Å². The van der Waals surface area contributed by atoms with Crippen LogP contribution in [0.5, 0.6) is 5.75 Å². The van der Waals surface area contributed by atoms with Gasteiger partial charge >= 0.3 is 6.18 Å². The van der Waals surface area contributed by atoms with Gasteiger partial charge in [0.15, 0.2) is 6.61 Å². The smallest absolute Gasteiger partial charge is 0.422 e. The summed E-state index contributed by atoms with van der Waals surface area (Å²) in [5.74, 6) is 0.913. The van der Waals surface area contributed by atoms with Gasteiger partial charge in [0.1, 0.15) is 5.75 Å². The molecule has 1 aliphatic rings. The predicted molar refractivity (Wildman–Crippen MR) is 59.2 cm³/mol. The molecule has 0 unspecified atom stereocenters. The van der Waals surface area contributed by atoms with Crippen molar-refractivity contribution in [2.24, 2.45) is 5.92 Å². The molecule has 1 saturated carbocycles. The zero-order chi connectivity index (χ0) is 12.3. The van der Waals surface area contributed by atoms with E-state index in [1.165, 1.54) is 12.8 Å². The van der Waals surface area contributed by atoms with Crippen LogP contribution in [0.15, 0.2) is 24.3 Å². The lowest BCUT2D eigenvalue weighted by atomic mass is 10.3. The van der Waals surface area contributed by atoms with Crippen molar-refractivity contribution in [3.8, 4) is 5.75 Å². The SMILES string of the molecule is FC(F)(F)COc1ccccc1NCC1CC1. The van der Waals surface area contributed by atoms with Gasteiger partial charge in [0.2, 0.25) is 0 Å². The normalized spacial score (nSPS) is 15.7. The van der Waals surface area contributed by atoms with Crippen LogP contribution in [0.3, 0.4) is 0 Å². The summed E-state index contributed by atoms with van der Waals surface area (Å²) in [5, 5.41) is 3.12. The summed E-state index contributed by atoms with van der Waals surface area (Å²) in [5.41, 5.74) is 0.628. The van der Waals surface area contributed by atoms with E-state index in [-0.39, 0.29) is 5.75 Å². The number of alkyl halides is 3. The van der Waals surface area contributed by atoms with Crippen LogP contribution in [-0.2, 0) is 0 Å². The molecule has 1 N–H and O–H groups in total. The molecule has 0 heterocycles. The minimum atomic E-state index is -4.30. The number of para-hydroxylation sites is 2. The molecule has 0 radical (unpaired) electrons. The van der Waals surface area contributed by atoms with E-state index in [4.69, 9.17) is 4.74 Å². The molecule has 5 heteroatoms. The van der Waals surface area contributed by atoms with Crippen LogP contribution in [-0.4, -0.2) is 19.3 Å². The van der Waals surface area contributed by atoms with Crippen molar-refractivity contribution in [1.82, 2.24) is 0 Å². The number of benzene rings is 1. The lowest BCUT2D eigenvalue weighted by Crippen LogP contribution is -2.19. The molecule has 0 bridgehead atoms. The highest BCUT2D eigenvalue weighted by molar-refractivity contribution is 5.56. The fourth-order valence-corrected chi connectivity index (χ4v) is 1.47. The minimum absolute atomic E-state index is 0.255. The topological polar surface area (TPSA) is 21.3 Å². The summed E-state index contributed by atoms with van der Waals surface area (Å²) in [6.45, 7) is -0.457. The number of anilines is 1. The second kappa shape index (κ2) is 4.85. The van der Waals surface area contributed by atoms with Crippen molar-refractivity contribution < 1.29 is 17.9 Å². The second-order valence-corrected chi connectivity index (χ2v) is 4.22. The first-order valence-electron chi connectivity index (χ1n) is 5.57. The quantitative estimate of drug-likeness (QED) is 0.857. The zero-order valence-corrected chi connectivity index (χ0v) is 9.26. The minimum Gasteiger partial charge on any atom is -0.482 e. The van der Waals surface area contributed by atoms with Crippen LogP contribution in [0, 0.1) is 5.92 Å². The Hall–Kier alpha value is -1.39. The van der Waals surface area contributed by atoms with Crippen LogP contribution in [0.4, 0.5) is 18.9 Å². The largest absolute Gasteiger partial charge is 0.482 e. The Morgan fingerprint density at radius 2 is 1.94 bits per heavy atom. The lowest BCUT2D eigenvalue weighted by molar-refractivity contribution is -0.153. The fraction of sp³-hybridized carbons (Fsp3) is 0.500. The monoisotopic (exact) mass is 245 g/mol. The van der Waals surface area contributed by atoms with Gasteiger partial charge < -0.3 is 10.1 Å². The Balaban J connectivity index is 1.94. The summed E-state index contributed by atoms with van der Waals surface area (Å²) in [7, 11) is 0. The Morgan fingerprint density at radius 1 is 1.24 bits per heavy atom. The maximum absolute atomic E-state index is 12.1. The summed E-state index contributed by atoms with van der Waals surface area (Å²) in [6, 6.07) is 6.71. The summed E-state index contributed by atoms with van der Waals surface area (Å²) >= 11 is 0. The van der Waals surface area contributed by atoms with E-state index in [0.29, 0.717) is 11.6 Å². The van der Waals surface area contributed by atoms with Crippen molar-refractivity contribution in [2.75, 3.05) is 18.5 Å². The average Bonchev–Trinajstić information content (AvgIpc) is 3.07. The van der Waals surface area contributed by atoms with Crippen LogP contribution in [0.1, 0.15) is 12.8 Å². The van der Waals surface area contributed by atoms with Crippen molar-refractivity contribution >= 4 is 5.69 Å². The molecule has 0 amide bonds. The highest BCUT2D eigenvalue weighted by Crippen LogP contribution is 2.31. The van der Waals surface area contributed by atoms with Crippen molar-refractivity contribution in [1.29, 1.82) is 0 Å². The van der Waals surface area contributed by atoms with Crippen LogP contribution >= 0.6 is 0 Å². The molecule has 0 saturated heterocycles. The van der Waals surface area contributed by atoms with Gasteiger partial charge in [-0.1, -0.05) is 12.1 Å². The predicted octanol–water partition coefficient (Wildman–Crippen LogP) is 3.45. The molecule has 0 spiro atoms. The van der Waals surface area contributed by atoms with E-state index in [9.17, 15) is 13.2 Å². The number of hydrogen-bond acceptors (Lipinski definition) is 2. The standard InChI is InChI=1S/C12H14F3NO/c13-12(14,15)8-17-11-4-2-1-3-10(11)16-7-9-5-6-9/h1-4,9,16H,5-8H2. The molecule has 17 heavy (non-hydrogen) atoms. The molecule has 0 atom stereocenters. The van der Waals surface area contributed by atoms with E-state index < -0.39 is 12.8 Å². The molecule has 94 valence electrons. The Morgan fingerprint density at radius 3 is 2.59 bits per heavy atom. The van der Waals surface area contributed by atoms with Gasteiger partial charge in [-0.2, -0.15) is 13.2 Å². The van der Waals surface area contributed by atoms with Gasteiger partial charge in [-0.05, 0) is 30.9 Å². The molecular formula is C12H14F3NO. The molecule has 2 rings (SSSR count). The molecule has 1 aromatic rings. The molecule has 0 aromatic heterocycles. The maximum atomic E-state index is 12.1. The summed E-state index contributed by atoms with van der Waals surface area (Å²) in [6.07, 6.45) is -1.92. The number of halogens is 3. The number of hydrogen-bond donors (Lipinski definition) is 1. The first kappa shape index (κ1) is 12.1. The highest BCUT2D eigenvalue weighted by Gasteiger charge is 2.29. The van der Waals surface area contributed by atoms with Crippen LogP contribution < -0.4 is 10.1 Å². The second-order valence-electron chi connectivity index (χ2n) is 4.22. The zero-order valence-electron chi connectivity index (χ0n) is 9.26. The van der Waals surface area contributed by atoms with Gasteiger partial charge in [0.05, 0.1) is 5.69 Å². The van der Waals surface area contributed by atoms with Gasteiger partial charge in [-0.3, -0.25) is 0 Å². The third kappa shape index (κ3) is 4.17. The van der Waals surface area contributed by atoms with E-state index in [0.717, 1.165) is 6.54 Å². The van der Waals surface area contributed by atoms with E-state index >= 15 is 0 Å². The van der Waals surface area contributed by atoms with E-state index in [2.05, 4.69) is 5.32 Å².